The second-order valence-corrected chi connectivity index (χ2v) is 4.38. The Bertz CT molecular complexity index is 97.2. The van der Waals surface area contributed by atoms with Crippen molar-refractivity contribution in [2.75, 3.05) is 6.54 Å². The van der Waals surface area contributed by atoms with E-state index in [9.17, 15) is 0 Å². The van der Waals surface area contributed by atoms with Crippen molar-refractivity contribution in [2.24, 2.45) is 11.8 Å². The van der Waals surface area contributed by atoms with Crippen LogP contribution in [0.4, 0.5) is 0 Å². The predicted molar refractivity (Wildman–Crippen MR) is 56.4 cm³/mol. The minimum Gasteiger partial charge on any atom is -0.314 e. The van der Waals surface area contributed by atoms with E-state index in [2.05, 4.69) is 39.9 Å². The quantitative estimate of drug-likeness (QED) is 0.647. The minimum absolute atomic E-state index is 0.720. The van der Waals surface area contributed by atoms with Gasteiger partial charge in [0.1, 0.15) is 0 Å². The van der Waals surface area contributed by atoms with Crippen molar-refractivity contribution in [3.8, 4) is 0 Å². The van der Waals surface area contributed by atoms with Crippen LogP contribution in [0, 0.1) is 11.8 Å². The molecule has 1 atom stereocenters. The summed E-state index contributed by atoms with van der Waals surface area (Å²) in [5.74, 6) is 1.61. The van der Waals surface area contributed by atoms with Crippen molar-refractivity contribution in [2.45, 2.75) is 53.5 Å². The topological polar surface area (TPSA) is 12.0 Å². The summed E-state index contributed by atoms with van der Waals surface area (Å²) in [5, 5.41) is 3.54. The highest BCUT2D eigenvalue weighted by atomic mass is 14.9. The fourth-order valence-corrected chi connectivity index (χ4v) is 1.45. The van der Waals surface area contributed by atoms with Gasteiger partial charge < -0.3 is 5.32 Å². The van der Waals surface area contributed by atoms with Crippen LogP contribution in [0.1, 0.15) is 47.5 Å². The Labute approximate surface area is 77.9 Å². The van der Waals surface area contributed by atoms with Crippen molar-refractivity contribution in [3.05, 3.63) is 0 Å². The van der Waals surface area contributed by atoms with Gasteiger partial charge in [-0.15, -0.1) is 0 Å². The summed E-state index contributed by atoms with van der Waals surface area (Å²) in [5.41, 5.74) is 0. The molecule has 0 saturated carbocycles. The summed E-state index contributed by atoms with van der Waals surface area (Å²) in [6.45, 7) is 12.5. The molecule has 0 rings (SSSR count). The summed E-state index contributed by atoms with van der Waals surface area (Å²) in [4.78, 5) is 0. The summed E-state index contributed by atoms with van der Waals surface area (Å²) in [6.07, 6.45) is 2.67. The van der Waals surface area contributed by atoms with Gasteiger partial charge >= 0.3 is 0 Å². The Morgan fingerprint density at radius 2 is 1.58 bits per heavy atom. The van der Waals surface area contributed by atoms with E-state index < -0.39 is 0 Å². The summed E-state index contributed by atoms with van der Waals surface area (Å²) in [6, 6.07) is 0.720. The van der Waals surface area contributed by atoms with E-state index in [1.165, 1.54) is 12.8 Å². The number of rotatable bonds is 6. The molecule has 0 heterocycles. The van der Waals surface area contributed by atoms with Crippen LogP contribution in [-0.4, -0.2) is 12.6 Å². The van der Waals surface area contributed by atoms with Crippen LogP contribution < -0.4 is 5.32 Å². The van der Waals surface area contributed by atoms with Crippen LogP contribution in [0.15, 0.2) is 0 Å². The first kappa shape index (κ1) is 12.0. The molecule has 0 aliphatic carbocycles. The molecule has 1 heteroatoms. The third-order valence-corrected chi connectivity index (χ3v) is 2.33. The van der Waals surface area contributed by atoms with Gasteiger partial charge in [-0.25, -0.2) is 0 Å². The predicted octanol–water partition coefficient (Wildman–Crippen LogP) is 3.06. The maximum Gasteiger partial charge on any atom is 0.00900 e. The molecular formula is C11H25N. The molecule has 0 spiro atoms. The fraction of sp³-hybridized carbons (Fsp3) is 1.00. The Morgan fingerprint density at radius 1 is 1.00 bits per heavy atom. The lowest BCUT2D eigenvalue weighted by Gasteiger charge is -2.22. The van der Waals surface area contributed by atoms with Crippen LogP contribution in [0.5, 0.6) is 0 Å². The summed E-state index contributed by atoms with van der Waals surface area (Å²) in [7, 11) is 0. The zero-order valence-corrected chi connectivity index (χ0v) is 9.35. The molecule has 0 aliphatic heterocycles. The maximum atomic E-state index is 3.54. The molecule has 0 radical (unpaired) electrons. The van der Waals surface area contributed by atoms with E-state index in [0.717, 1.165) is 24.4 Å². The van der Waals surface area contributed by atoms with Crippen molar-refractivity contribution < 1.29 is 0 Å². The lowest BCUT2D eigenvalue weighted by molar-refractivity contribution is 0.357. The molecule has 0 aromatic rings. The van der Waals surface area contributed by atoms with Crippen LogP contribution >= 0.6 is 0 Å². The van der Waals surface area contributed by atoms with E-state index >= 15 is 0 Å². The van der Waals surface area contributed by atoms with Gasteiger partial charge in [-0.2, -0.15) is 0 Å². The molecule has 0 aliphatic rings. The standard InChI is InChI=1S/C11H25N/c1-6-12-11(10(4)5)8-7-9(2)3/h9-12H,6-8H2,1-5H3. The van der Waals surface area contributed by atoms with Gasteiger partial charge in [0.2, 0.25) is 0 Å². The van der Waals surface area contributed by atoms with Gasteiger partial charge in [0.05, 0.1) is 0 Å². The zero-order valence-electron chi connectivity index (χ0n) is 9.35. The van der Waals surface area contributed by atoms with Crippen molar-refractivity contribution in [1.82, 2.24) is 5.32 Å². The van der Waals surface area contributed by atoms with Gasteiger partial charge in [-0.1, -0.05) is 34.6 Å². The minimum atomic E-state index is 0.720. The number of hydrogen-bond donors (Lipinski definition) is 1. The van der Waals surface area contributed by atoms with Crippen molar-refractivity contribution >= 4 is 0 Å². The first-order valence-corrected chi connectivity index (χ1v) is 5.31. The van der Waals surface area contributed by atoms with Crippen molar-refractivity contribution in [3.63, 3.8) is 0 Å². The first-order valence-electron chi connectivity index (χ1n) is 5.31. The Balaban J connectivity index is 3.63. The first-order chi connectivity index (χ1) is 5.57. The lowest BCUT2D eigenvalue weighted by atomic mass is 9.95. The van der Waals surface area contributed by atoms with Crippen LogP contribution in [0.2, 0.25) is 0 Å². The zero-order chi connectivity index (χ0) is 9.56. The van der Waals surface area contributed by atoms with Crippen LogP contribution in [-0.2, 0) is 0 Å². The Hall–Kier alpha value is -0.0400. The monoisotopic (exact) mass is 171 g/mol. The molecule has 1 unspecified atom stereocenters. The van der Waals surface area contributed by atoms with Gasteiger partial charge in [0, 0.05) is 6.04 Å². The van der Waals surface area contributed by atoms with E-state index in [-0.39, 0.29) is 0 Å². The third-order valence-electron chi connectivity index (χ3n) is 2.33. The van der Waals surface area contributed by atoms with Gasteiger partial charge in [0.25, 0.3) is 0 Å². The van der Waals surface area contributed by atoms with Gasteiger partial charge in [-0.3, -0.25) is 0 Å². The normalized spacial score (nSPS) is 14.2. The molecule has 0 aromatic heterocycles. The molecular weight excluding hydrogens is 146 g/mol. The average Bonchev–Trinajstić information content (AvgIpc) is 1.96. The highest BCUT2D eigenvalue weighted by Gasteiger charge is 2.11. The number of hydrogen-bond acceptors (Lipinski definition) is 1. The second-order valence-electron chi connectivity index (χ2n) is 4.38. The van der Waals surface area contributed by atoms with E-state index in [4.69, 9.17) is 0 Å². The molecule has 12 heavy (non-hydrogen) atoms. The fourth-order valence-electron chi connectivity index (χ4n) is 1.45. The highest BCUT2D eigenvalue weighted by Crippen LogP contribution is 2.12. The Morgan fingerprint density at radius 3 is 1.92 bits per heavy atom. The van der Waals surface area contributed by atoms with E-state index in [1.54, 1.807) is 0 Å². The highest BCUT2D eigenvalue weighted by molar-refractivity contribution is 4.70. The molecule has 0 bridgehead atoms. The third kappa shape index (κ3) is 5.59. The molecule has 1 nitrogen and oxygen atoms in total. The summed E-state index contributed by atoms with van der Waals surface area (Å²) < 4.78 is 0. The van der Waals surface area contributed by atoms with Crippen LogP contribution in [0.3, 0.4) is 0 Å². The lowest BCUT2D eigenvalue weighted by Crippen LogP contribution is -2.33. The van der Waals surface area contributed by atoms with Gasteiger partial charge in [0.15, 0.2) is 0 Å². The second kappa shape index (κ2) is 6.47. The number of nitrogens with one attached hydrogen (secondary N) is 1. The largest absolute Gasteiger partial charge is 0.314 e. The molecule has 0 saturated heterocycles. The maximum absolute atomic E-state index is 3.54. The molecule has 1 N–H and O–H groups in total. The van der Waals surface area contributed by atoms with Gasteiger partial charge in [-0.05, 0) is 31.2 Å². The molecule has 0 amide bonds. The average molecular weight is 171 g/mol. The molecule has 0 fully saturated rings. The van der Waals surface area contributed by atoms with E-state index in [0.29, 0.717) is 0 Å². The smallest absolute Gasteiger partial charge is 0.00900 e. The summed E-state index contributed by atoms with van der Waals surface area (Å²) >= 11 is 0. The SMILES string of the molecule is CCNC(CCC(C)C)C(C)C. The molecule has 74 valence electrons. The van der Waals surface area contributed by atoms with Crippen LogP contribution in [0.25, 0.3) is 0 Å². The molecule has 0 aromatic carbocycles. The van der Waals surface area contributed by atoms with E-state index in [1.807, 2.05) is 0 Å². The van der Waals surface area contributed by atoms with Crippen molar-refractivity contribution in [1.29, 1.82) is 0 Å². The Kier molecular flexibility index (Phi) is 6.45.